The third-order valence-corrected chi connectivity index (χ3v) is 6.36. The molecular weight excluding hydrogens is 633 g/mol. The van der Waals surface area contributed by atoms with Crippen molar-refractivity contribution in [2.45, 2.75) is 12.2 Å². The molecule has 0 aliphatic carbocycles. The van der Waals surface area contributed by atoms with Gasteiger partial charge in [-0.25, -0.2) is 14.4 Å². The largest absolute Gasteiger partial charge is 0.478 e. The van der Waals surface area contributed by atoms with Crippen LogP contribution in [0.1, 0.15) is 41.6 Å². The number of nitrogens with one attached hydrogen (secondary N) is 3. The zero-order valence-electron chi connectivity index (χ0n) is 22.7. The minimum Gasteiger partial charge on any atom is -0.478 e. The Morgan fingerprint density at radius 3 is 1.64 bits per heavy atom. The first-order chi connectivity index (χ1) is 21.5. The summed E-state index contributed by atoms with van der Waals surface area (Å²) >= 11 is 11.7. The van der Waals surface area contributed by atoms with Gasteiger partial charge < -0.3 is 24.3 Å². The van der Waals surface area contributed by atoms with Crippen LogP contribution in [0.4, 0.5) is 5.69 Å². The molecule has 45 heavy (non-hydrogen) atoms. The molecule has 230 valence electrons. The van der Waals surface area contributed by atoms with E-state index in [2.05, 4.69) is 10.7 Å². The van der Waals surface area contributed by atoms with Crippen molar-refractivity contribution in [1.82, 2.24) is 10.9 Å². The van der Waals surface area contributed by atoms with Crippen molar-refractivity contribution >= 4 is 64.5 Å². The van der Waals surface area contributed by atoms with Gasteiger partial charge in [0, 0.05) is 21.3 Å². The van der Waals surface area contributed by atoms with Crippen LogP contribution in [-0.2, 0) is 19.1 Å². The molecule has 13 nitrogen and oxygen atoms in total. The van der Waals surface area contributed by atoms with Crippen LogP contribution in [0, 0.1) is 0 Å². The highest BCUT2D eigenvalue weighted by Gasteiger charge is 2.41. The molecule has 2 atom stereocenters. The molecule has 4 rings (SSSR count). The maximum Gasteiger partial charge on any atom is 0.349 e. The lowest BCUT2D eigenvalue weighted by Crippen LogP contribution is -2.54. The van der Waals surface area contributed by atoms with E-state index in [0.717, 1.165) is 0 Å². The molecule has 0 saturated heterocycles. The lowest BCUT2D eigenvalue weighted by atomic mass is 10.1. The predicted octanol–water partition coefficient (Wildman–Crippen LogP) is 4.14. The second-order valence-corrected chi connectivity index (χ2v) is 9.83. The minimum absolute atomic E-state index is 0.0185. The first-order valence-electron chi connectivity index (χ1n) is 12.7. The molecule has 0 saturated carbocycles. The van der Waals surface area contributed by atoms with Crippen molar-refractivity contribution in [2.24, 2.45) is 0 Å². The van der Waals surface area contributed by atoms with Crippen LogP contribution in [0.15, 0.2) is 95.6 Å². The van der Waals surface area contributed by atoms with Gasteiger partial charge >= 0.3 is 17.9 Å². The van der Waals surface area contributed by atoms with E-state index in [1.165, 1.54) is 85.1 Å². The van der Waals surface area contributed by atoms with Gasteiger partial charge in [0.2, 0.25) is 12.2 Å². The summed E-state index contributed by atoms with van der Waals surface area (Å²) in [5.41, 5.74) is 4.19. The summed E-state index contributed by atoms with van der Waals surface area (Å²) in [6.45, 7) is 0. The predicted molar refractivity (Wildman–Crippen MR) is 158 cm³/mol. The molecule has 4 N–H and O–H groups in total. The van der Waals surface area contributed by atoms with Crippen LogP contribution in [0.3, 0.4) is 0 Å². The van der Waals surface area contributed by atoms with Crippen LogP contribution < -0.4 is 16.2 Å². The number of rotatable bonds is 10. The second-order valence-electron chi connectivity index (χ2n) is 8.96. The molecule has 0 unspecified atom stereocenters. The second kappa shape index (κ2) is 14.7. The number of esters is 2. The zero-order valence-corrected chi connectivity index (χ0v) is 24.2. The summed E-state index contributed by atoms with van der Waals surface area (Å²) in [5.74, 6) is -6.80. The number of benzene rings is 3. The van der Waals surface area contributed by atoms with Crippen molar-refractivity contribution in [3.63, 3.8) is 0 Å². The van der Waals surface area contributed by atoms with Crippen LogP contribution in [0.5, 0.6) is 0 Å². The molecule has 0 radical (unpaired) electrons. The van der Waals surface area contributed by atoms with Gasteiger partial charge in [0.05, 0.1) is 17.4 Å². The minimum atomic E-state index is -2.35. The maximum atomic E-state index is 13.1. The quantitative estimate of drug-likeness (QED) is 0.143. The Morgan fingerprint density at radius 1 is 0.644 bits per heavy atom. The topological polar surface area (TPSA) is 190 Å². The number of anilines is 1. The molecule has 3 aromatic carbocycles. The Labute approximate surface area is 264 Å². The molecule has 0 fully saturated rings. The molecular formula is C30H21Cl2N3O10. The van der Waals surface area contributed by atoms with E-state index in [1.54, 1.807) is 6.07 Å². The number of hydrogen-bond donors (Lipinski definition) is 4. The third-order valence-electron chi connectivity index (χ3n) is 5.85. The monoisotopic (exact) mass is 653 g/mol. The molecule has 3 amide bonds. The summed E-state index contributed by atoms with van der Waals surface area (Å²) in [5, 5.41) is 13.0. The molecule has 0 aliphatic rings. The van der Waals surface area contributed by atoms with Gasteiger partial charge in [-0.15, -0.1) is 0 Å². The van der Waals surface area contributed by atoms with Gasteiger partial charge in [-0.1, -0.05) is 23.2 Å². The number of carboxylic acid groups (broad SMARTS) is 1. The summed E-state index contributed by atoms with van der Waals surface area (Å²) < 4.78 is 15.2. The number of carbonyl (C=O) groups excluding carboxylic acids is 5. The summed E-state index contributed by atoms with van der Waals surface area (Å²) in [4.78, 5) is 75.6. The number of amides is 3. The fourth-order valence-electron chi connectivity index (χ4n) is 3.60. The average Bonchev–Trinajstić information content (AvgIpc) is 3.58. The van der Waals surface area contributed by atoms with E-state index in [0.29, 0.717) is 10.7 Å². The van der Waals surface area contributed by atoms with E-state index in [9.17, 15) is 33.9 Å². The number of carboxylic acids is 1. The highest BCUT2D eigenvalue weighted by atomic mass is 35.5. The third kappa shape index (κ3) is 8.69. The molecule has 1 heterocycles. The van der Waals surface area contributed by atoms with Gasteiger partial charge in [-0.05, 0) is 84.9 Å². The fourth-order valence-corrected chi connectivity index (χ4v) is 3.85. The van der Waals surface area contributed by atoms with E-state index in [-0.39, 0.29) is 27.5 Å². The van der Waals surface area contributed by atoms with Gasteiger partial charge in [-0.2, -0.15) is 0 Å². The van der Waals surface area contributed by atoms with Crippen LogP contribution in [-0.4, -0.2) is 52.9 Å². The number of hydrogen-bond acceptors (Lipinski definition) is 9. The van der Waals surface area contributed by atoms with Gasteiger partial charge in [-0.3, -0.25) is 25.2 Å². The lowest BCUT2D eigenvalue weighted by Gasteiger charge is -2.23. The first-order valence-corrected chi connectivity index (χ1v) is 13.5. The standard InChI is InChI=1S/C30H21Cl2N3O10/c31-19-9-3-17(4-10-19)29(41)44-23(24(28(39)40)45-30(42)18-5-11-20(32)12-6-18)27(38)35-34-25(36)16-7-13-21(14-8-16)33-26(37)22-2-1-15-43-22/h1-15,23-24H,(H,33,37)(H,34,36)(H,35,38)(H,39,40)/t23-,24+/m0/s1. The fraction of sp³-hybridized carbons (Fsp3) is 0.0667. The summed E-state index contributed by atoms with van der Waals surface area (Å²) in [6.07, 6.45) is -3.29. The maximum absolute atomic E-state index is 13.1. The van der Waals surface area contributed by atoms with E-state index in [1.807, 2.05) is 5.43 Å². The number of hydrazine groups is 1. The Kier molecular flexibility index (Phi) is 10.5. The van der Waals surface area contributed by atoms with Crippen molar-refractivity contribution in [2.75, 3.05) is 5.32 Å². The SMILES string of the molecule is O=C(NNC(=O)[C@@H](OC(=O)c1ccc(Cl)cc1)[C@@H](OC(=O)c1ccc(Cl)cc1)C(=O)O)c1ccc(NC(=O)c2ccco2)cc1. The smallest absolute Gasteiger partial charge is 0.349 e. The average molecular weight is 654 g/mol. The zero-order chi connectivity index (χ0) is 32.5. The molecule has 0 spiro atoms. The molecule has 15 heteroatoms. The lowest BCUT2D eigenvalue weighted by molar-refractivity contribution is -0.159. The Hall–Kier alpha value is -5.66. The van der Waals surface area contributed by atoms with Gasteiger partial charge in [0.25, 0.3) is 17.7 Å². The van der Waals surface area contributed by atoms with Crippen molar-refractivity contribution in [1.29, 1.82) is 0 Å². The number of furan rings is 1. The number of halogens is 2. The van der Waals surface area contributed by atoms with Gasteiger partial charge in [0.1, 0.15) is 0 Å². The number of ether oxygens (including phenoxy) is 2. The Bertz CT molecular complexity index is 1710. The molecule has 4 aromatic rings. The normalized spacial score (nSPS) is 11.8. The van der Waals surface area contributed by atoms with Crippen molar-refractivity contribution in [3.8, 4) is 0 Å². The van der Waals surface area contributed by atoms with E-state index < -0.39 is 47.8 Å². The number of carbonyl (C=O) groups is 6. The van der Waals surface area contributed by atoms with E-state index >= 15 is 0 Å². The van der Waals surface area contributed by atoms with Crippen LogP contribution in [0.2, 0.25) is 10.0 Å². The number of aliphatic carboxylic acids is 1. The highest BCUT2D eigenvalue weighted by Crippen LogP contribution is 2.17. The van der Waals surface area contributed by atoms with Crippen molar-refractivity contribution < 1.29 is 47.8 Å². The van der Waals surface area contributed by atoms with E-state index in [4.69, 9.17) is 37.1 Å². The first kappa shape index (κ1) is 32.3. The van der Waals surface area contributed by atoms with Crippen molar-refractivity contribution in [3.05, 3.63) is 124 Å². The van der Waals surface area contributed by atoms with Crippen LogP contribution >= 0.6 is 23.2 Å². The summed E-state index contributed by atoms with van der Waals surface area (Å²) in [7, 11) is 0. The van der Waals surface area contributed by atoms with Gasteiger partial charge in [0.15, 0.2) is 5.76 Å². The highest BCUT2D eigenvalue weighted by molar-refractivity contribution is 6.31. The Morgan fingerprint density at radius 2 is 1.16 bits per heavy atom. The molecule has 1 aromatic heterocycles. The van der Waals surface area contributed by atoms with Crippen LogP contribution in [0.25, 0.3) is 0 Å². The summed E-state index contributed by atoms with van der Waals surface area (Å²) in [6, 6.07) is 18.9. The Balaban J connectivity index is 1.48. The molecule has 0 bridgehead atoms. The molecule has 0 aliphatic heterocycles.